The lowest BCUT2D eigenvalue weighted by Gasteiger charge is -2.26. The van der Waals surface area contributed by atoms with Gasteiger partial charge in [-0.15, -0.1) is 0 Å². The first kappa shape index (κ1) is 14.9. The van der Waals surface area contributed by atoms with Crippen LogP contribution in [0.5, 0.6) is 0 Å². The van der Waals surface area contributed by atoms with E-state index in [-0.39, 0.29) is 18.7 Å². The lowest BCUT2D eigenvalue weighted by Crippen LogP contribution is -2.41. The Kier molecular flexibility index (Phi) is 4.05. The Balaban J connectivity index is 2.33. The summed E-state index contributed by atoms with van der Waals surface area (Å²) in [6.07, 6.45) is -1.45. The molecule has 2 rings (SSSR count). The van der Waals surface area contributed by atoms with Crippen LogP contribution in [0.25, 0.3) is 0 Å². The van der Waals surface area contributed by atoms with Gasteiger partial charge in [0.2, 0.25) is 0 Å². The highest BCUT2D eigenvalue weighted by Crippen LogP contribution is 2.39. The van der Waals surface area contributed by atoms with Crippen LogP contribution in [0, 0.1) is 0 Å². The molecule has 0 aromatic carbocycles. The summed E-state index contributed by atoms with van der Waals surface area (Å²) < 4.78 is 32.4. The fraction of sp³-hybridized carbons (Fsp3) is 0.667. The number of aliphatic hydroxyl groups is 1. The number of alkyl halides is 2. The van der Waals surface area contributed by atoms with Gasteiger partial charge < -0.3 is 15.6 Å². The monoisotopic (exact) mass is 289 g/mol. The summed E-state index contributed by atoms with van der Waals surface area (Å²) in [7, 11) is 0. The zero-order valence-electron chi connectivity index (χ0n) is 11.1. The summed E-state index contributed by atoms with van der Waals surface area (Å²) >= 11 is 0. The van der Waals surface area contributed by atoms with E-state index in [4.69, 9.17) is 15.6 Å². The maximum atomic E-state index is 13.0. The molecule has 0 bridgehead atoms. The lowest BCUT2D eigenvalue weighted by atomic mass is 10.0. The number of hydrogen-bond acceptors (Lipinski definition) is 5. The number of aromatic nitrogens is 2. The summed E-state index contributed by atoms with van der Waals surface area (Å²) in [6, 6.07) is 0. The highest BCUT2D eigenvalue weighted by molar-refractivity contribution is 5.36. The molecular formula is C12H17F2N3O3. The highest BCUT2D eigenvalue weighted by Gasteiger charge is 2.48. The number of ether oxygens (including phenoxy) is 1. The van der Waals surface area contributed by atoms with E-state index in [0.29, 0.717) is 12.0 Å². The fourth-order valence-corrected chi connectivity index (χ4v) is 2.30. The third kappa shape index (κ3) is 2.40. The van der Waals surface area contributed by atoms with E-state index >= 15 is 0 Å². The molecule has 2 heterocycles. The van der Waals surface area contributed by atoms with Gasteiger partial charge in [-0.25, -0.2) is 13.6 Å². The minimum Gasteiger partial charge on any atom is -0.393 e. The molecule has 1 aliphatic heterocycles. The van der Waals surface area contributed by atoms with Crippen molar-refractivity contribution in [3.63, 3.8) is 0 Å². The molecule has 6 nitrogen and oxygen atoms in total. The van der Waals surface area contributed by atoms with Gasteiger partial charge in [0.25, 0.3) is 6.43 Å². The molecule has 3 N–H and O–H groups in total. The molecule has 1 saturated heterocycles. The summed E-state index contributed by atoms with van der Waals surface area (Å²) in [5, 5.41) is 9.14. The van der Waals surface area contributed by atoms with Crippen LogP contribution in [0.3, 0.4) is 0 Å². The van der Waals surface area contributed by atoms with Crippen molar-refractivity contribution in [1.82, 2.24) is 9.55 Å². The molecular weight excluding hydrogens is 272 g/mol. The summed E-state index contributed by atoms with van der Waals surface area (Å²) in [5.74, 6) is 0.133. The number of hydrogen-bond donors (Lipinski definition) is 2. The summed E-state index contributed by atoms with van der Waals surface area (Å²) in [5.41, 5.74) is 3.70. The van der Waals surface area contributed by atoms with Crippen molar-refractivity contribution in [3.8, 4) is 0 Å². The van der Waals surface area contributed by atoms with E-state index in [1.807, 2.05) is 6.92 Å². The van der Waals surface area contributed by atoms with Crippen LogP contribution in [0.2, 0.25) is 0 Å². The Morgan fingerprint density at radius 2 is 2.40 bits per heavy atom. The van der Waals surface area contributed by atoms with E-state index in [1.54, 1.807) is 0 Å². The number of nitrogen functional groups attached to an aromatic ring is 1. The van der Waals surface area contributed by atoms with E-state index in [0.717, 1.165) is 4.57 Å². The first-order chi connectivity index (χ1) is 9.43. The zero-order chi connectivity index (χ0) is 14.9. The molecule has 112 valence electrons. The normalized spacial score (nSPS) is 26.4. The zero-order valence-corrected chi connectivity index (χ0v) is 11.1. The topological polar surface area (TPSA) is 90.4 Å². The molecule has 1 aromatic rings. The summed E-state index contributed by atoms with van der Waals surface area (Å²) in [4.78, 5) is 15.5. The van der Waals surface area contributed by atoms with Crippen LogP contribution in [0.1, 0.15) is 31.6 Å². The first-order valence-corrected chi connectivity index (χ1v) is 6.38. The Morgan fingerprint density at radius 3 is 2.90 bits per heavy atom. The number of anilines is 1. The predicted molar refractivity (Wildman–Crippen MR) is 67.5 cm³/mol. The maximum Gasteiger partial charge on any atom is 0.351 e. The molecule has 1 aromatic heterocycles. The van der Waals surface area contributed by atoms with Crippen molar-refractivity contribution in [1.29, 1.82) is 0 Å². The van der Waals surface area contributed by atoms with Crippen LogP contribution >= 0.6 is 0 Å². The second-order valence-electron chi connectivity index (χ2n) is 4.83. The fourth-order valence-electron chi connectivity index (χ4n) is 2.30. The number of aliphatic hydroxyl groups excluding tert-OH is 1. The third-order valence-corrected chi connectivity index (χ3v) is 3.60. The number of halogens is 2. The van der Waals surface area contributed by atoms with E-state index < -0.39 is 30.6 Å². The number of nitrogens with zero attached hydrogens (tertiary/aromatic N) is 2. The molecule has 1 aliphatic rings. The molecule has 0 aliphatic carbocycles. The Labute approximate surface area is 114 Å². The van der Waals surface area contributed by atoms with Gasteiger partial charge in [0.1, 0.15) is 12.0 Å². The van der Waals surface area contributed by atoms with Crippen LogP contribution in [0.15, 0.2) is 11.0 Å². The van der Waals surface area contributed by atoms with E-state index in [1.165, 1.54) is 6.20 Å². The average Bonchev–Trinajstić information content (AvgIpc) is 2.84. The maximum absolute atomic E-state index is 13.0. The number of nitrogens with two attached hydrogens (primary N) is 1. The van der Waals surface area contributed by atoms with Gasteiger partial charge in [0, 0.05) is 11.8 Å². The van der Waals surface area contributed by atoms with Crippen LogP contribution in [-0.4, -0.2) is 33.3 Å². The van der Waals surface area contributed by atoms with Gasteiger partial charge in [0.05, 0.1) is 6.61 Å². The van der Waals surface area contributed by atoms with Crippen molar-refractivity contribution in [2.24, 2.45) is 0 Å². The Bertz CT molecular complexity index is 549. The van der Waals surface area contributed by atoms with Gasteiger partial charge in [-0.3, -0.25) is 4.57 Å². The van der Waals surface area contributed by atoms with Crippen molar-refractivity contribution in [3.05, 3.63) is 22.2 Å². The second kappa shape index (κ2) is 5.45. The third-order valence-electron chi connectivity index (χ3n) is 3.60. The SMILES string of the molecule is CCc1cn(C2CCC(CO)(C(F)F)O2)c(=O)nc1N. The molecule has 2 unspecified atom stereocenters. The molecule has 20 heavy (non-hydrogen) atoms. The molecule has 0 saturated carbocycles. The van der Waals surface area contributed by atoms with Gasteiger partial charge >= 0.3 is 5.69 Å². The minimum absolute atomic E-state index is 0.0237. The number of rotatable bonds is 4. The molecule has 0 amide bonds. The smallest absolute Gasteiger partial charge is 0.351 e. The lowest BCUT2D eigenvalue weighted by molar-refractivity contribution is -0.169. The largest absolute Gasteiger partial charge is 0.393 e. The Morgan fingerprint density at radius 1 is 1.70 bits per heavy atom. The highest BCUT2D eigenvalue weighted by atomic mass is 19.3. The van der Waals surface area contributed by atoms with Crippen LogP contribution in [0.4, 0.5) is 14.6 Å². The van der Waals surface area contributed by atoms with Gasteiger partial charge in [-0.1, -0.05) is 6.92 Å². The first-order valence-electron chi connectivity index (χ1n) is 6.38. The van der Waals surface area contributed by atoms with Crippen molar-refractivity contribution in [2.45, 2.75) is 44.4 Å². The molecule has 1 fully saturated rings. The van der Waals surface area contributed by atoms with E-state index in [2.05, 4.69) is 4.98 Å². The van der Waals surface area contributed by atoms with Crippen molar-refractivity contribution >= 4 is 5.82 Å². The molecule has 0 spiro atoms. The average molecular weight is 289 g/mol. The van der Waals surface area contributed by atoms with Crippen LogP contribution in [-0.2, 0) is 11.2 Å². The van der Waals surface area contributed by atoms with Crippen LogP contribution < -0.4 is 11.4 Å². The Hall–Kier alpha value is -1.54. The standard InChI is InChI=1S/C12H17F2N3O3/c1-2-7-5-17(11(19)16-9(7)15)8-3-4-12(6-18,20-8)10(13)14/h5,8,10,18H,2-4,6H2,1H3,(H2,15,16,19). The minimum atomic E-state index is -2.82. The van der Waals surface area contributed by atoms with Crippen molar-refractivity contribution < 1.29 is 18.6 Å². The van der Waals surface area contributed by atoms with Gasteiger partial charge in [-0.2, -0.15) is 4.98 Å². The van der Waals surface area contributed by atoms with Gasteiger partial charge in [0.15, 0.2) is 5.60 Å². The quantitative estimate of drug-likeness (QED) is 0.851. The second-order valence-corrected chi connectivity index (χ2v) is 4.83. The molecule has 2 atom stereocenters. The predicted octanol–water partition coefficient (Wildman–Crippen LogP) is 0.693. The number of aryl methyl sites for hydroxylation is 1. The van der Waals surface area contributed by atoms with Crippen molar-refractivity contribution in [2.75, 3.05) is 12.3 Å². The summed E-state index contributed by atoms with van der Waals surface area (Å²) in [6.45, 7) is 1.05. The molecule has 0 radical (unpaired) electrons. The van der Waals surface area contributed by atoms with Gasteiger partial charge in [-0.05, 0) is 19.3 Å². The van der Waals surface area contributed by atoms with E-state index in [9.17, 15) is 13.6 Å². The molecule has 8 heteroatoms.